The maximum atomic E-state index is 6.07. The number of anilines is 1. The summed E-state index contributed by atoms with van der Waals surface area (Å²) in [5.74, 6) is 0. The van der Waals surface area contributed by atoms with Gasteiger partial charge in [-0.1, -0.05) is 33.6 Å². The van der Waals surface area contributed by atoms with Gasteiger partial charge in [-0.2, -0.15) is 0 Å². The summed E-state index contributed by atoms with van der Waals surface area (Å²) < 4.78 is 0. The summed E-state index contributed by atoms with van der Waals surface area (Å²) in [6.45, 7) is 3.11. The van der Waals surface area contributed by atoms with Crippen molar-refractivity contribution in [2.24, 2.45) is 0 Å². The van der Waals surface area contributed by atoms with E-state index in [1.165, 1.54) is 5.69 Å². The Bertz CT molecular complexity index is 288. The van der Waals surface area contributed by atoms with Crippen molar-refractivity contribution in [3.05, 3.63) is 28.8 Å². The molecule has 0 unspecified atom stereocenters. The highest BCUT2D eigenvalue weighted by Gasteiger charge is 2.07. The molecule has 1 nitrogen and oxygen atoms in total. The highest BCUT2D eigenvalue weighted by atomic mass is 79.9. The van der Waals surface area contributed by atoms with Gasteiger partial charge in [0, 0.05) is 35.2 Å². The molecule has 13 heavy (non-hydrogen) atoms. The molecule has 0 saturated carbocycles. The summed E-state index contributed by atoms with van der Waals surface area (Å²) in [5, 5.41) is 1.63. The fourth-order valence-corrected chi connectivity index (χ4v) is 2.19. The van der Waals surface area contributed by atoms with Crippen molar-refractivity contribution < 1.29 is 0 Å². The molecule has 1 rings (SSSR count). The fraction of sp³-hybridized carbons (Fsp3) is 0.400. The zero-order valence-corrected chi connectivity index (χ0v) is 10.2. The molecule has 0 heterocycles. The van der Waals surface area contributed by atoms with Gasteiger partial charge < -0.3 is 4.90 Å². The molecule has 0 aromatic heterocycles. The molecular formula is C10H13BrClN. The standard InChI is InChI=1S/C10H13BrClN/c1-3-13(2)10-6-4-5-9(12)8(10)7-11/h4-6H,3,7H2,1-2H3. The minimum absolute atomic E-state index is 0.798. The normalized spacial score (nSPS) is 10.2. The van der Waals surface area contributed by atoms with Crippen molar-refractivity contribution >= 4 is 33.2 Å². The molecule has 72 valence electrons. The van der Waals surface area contributed by atoms with Gasteiger partial charge in [-0.25, -0.2) is 0 Å². The van der Waals surface area contributed by atoms with Gasteiger partial charge in [0.2, 0.25) is 0 Å². The first kappa shape index (κ1) is 10.9. The van der Waals surface area contributed by atoms with E-state index < -0.39 is 0 Å². The Kier molecular flexibility index (Phi) is 4.07. The average Bonchev–Trinajstić information content (AvgIpc) is 2.16. The molecule has 0 aliphatic carbocycles. The Morgan fingerprint density at radius 2 is 2.15 bits per heavy atom. The highest BCUT2D eigenvalue weighted by molar-refractivity contribution is 9.08. The average molecular weight is 263 g/mol. The third-order valence-electron chi connectivity index (χ3n) is 2.11. The lowest BCUT2D eigenvalue weighted by molar-refractivity contribution is 0.960. The van der Waals surface area contributed by atoms with Crippen molar-refractivity contribution in [2.45, 2.75) is 12.3 Å². The number of rotatable bonds is 3. The van der Waals surface area contributed by atoms with Crippen LogP contribution >= 0.6 is 27.5 Å². The minimum atomic E-state index is 0.798. The zero-order chi connectivity index (χ0) is 9.84. The summed E-state index contributed by atoms with van der Waals surface area (Å²) in [7, 11) is 2.07. The van der Waals surface area contributed by atoms with Gasteiger partial charge in [-0.15, -0.1) is 0 Å². The molecule has 0 aliphatic heterocycles. The first-order valence-electron chi connectivity index (χ1n) is 4.25. The third-order valence-corrected chi connectivity index (χ3v) is 3.03. The highest BCUT2D eigenvalue weighted by Crippen LogP contribution is 2.28. The van der Waals surface area contributed by atoms with Gasteiger partial charge in [-0.05, 0) is 19.1 Å². The molecule has 3 heteroatoms. The van der Waals surface area contributed by atoms with Gasteiger partial charge in [0.15, 0.2) is 0 Å². The molecule has 0 bridgehead atoms. The lowest BCUT2D eigenvalue weighted by Crippen LogP contribution is -2.17. The van der Waals surface area contributed by atoms with Crippen LogP contribution in [0.5, 0.6) is 0 Å². The number of halogens is 2. The summed E-state index contributed by atoms with van der Waals surface area (Å²) in [6, 6.07) is 5.99. The number of hydrogen-bond donors (Lipinski definition) is 0. The zero-order valence-electron chi connectivity index (χ0n) is 7.85. The molecular weight excluding hydrogens is 249 g/mol. The van der Waals surface area contributed by atoms with Gasteiger partial charge in [-0.3, -0.25) is 0 Å². The SMILES string of the molecule is CCN(C)c1cccc(Cl)c1CBr. The summed E-state index contributed by atoms with van der Waals surface area (Å²) in [4.78, 5) is 2.18. The van der Waals surface area contributed by atoms with Crippen LogP contribution in [0.15, 0.2) is 18.2 Å². The molecule has 0 fully saturated rings. The van der Waals surface area contributed by atoms with Crippen LogP contribution in [0.2, 0.25) is 5.02 Å². The van der Waals surface area contributed by atoms with Crippen molar-refractivity contribution in [1.29, 1.82) is 0 Å². The summed E-state index contributed by atoms with van der Waals surface area (Å²) >= 11 is 9.52. The van der Waals surface area contributed by atoms with Crippen LogP contribution in [0.4, 0.5) is 5.69 Å². The van der Waals surface area contributed by atoms with Crippen LogP contribution < -0.4 is 4.90 Å². The Hall–Kier alpha value is -0.210. The van der Waals surface area contributed by atoms with Gasteiger partial charge >= 0.3 is 0 Å². The fourth-order valence-electron chi connectivity index (χ4n) is 1.21. The van der Waals surface area contributed by atoms with E-state index in [0.717, 1.165) is 22.5 Å². The van der Waals surface area contributed by atoms with E-state index in [1.54, 1.807) is 0 Å². The minimum Gasteiger partial charge on any atom is -0.375 e. The molecule has 0 N–H and O–H groups in total. The maximum absolute atomic E-state index is 6.07. The Morgan fingerprint density at radius 3 is 2.69 bits per heavy atom. The van der Waals surface area contributed by atoms with E-state index in [-0.39, 0.29) is 0 Å². The maximum Gasteiger partial charge on any atom is 0.0467 e. The van der Waals surface area contributed by atoms with E-state index >= 15 is 0 Å². The molecule has 0 amide bonds. The quantitative estimate of drug-likeness (QED) is 0.751. The van der Waals surface area contributed by atoms with Crippen molar-refractivity contribution in [2.75, 3.05) is 18.5 Å². The predicted octanol–water partition coefficient (Wildman–Crippen LogP) is 3.69. The van der Waals surface area contributed by atoms with Crippen LogP contribution in [0.1, 0.15) is 12.5 Å². The van der Waals surface area contributed by atoms with E-state index in [1.807, 2.05) is 12.1 Å². The monoisotopic (exact) mass is 261 g/mol. The first-order valence-corrected chi connectivity index (χ1v) is 5.75. The van der Waals surface area contributed by atoms with Crippen LogP contribution in [-0.2, 0) is 5.33 Å². The molecule has 0 radical (unpaired) electrons. The Labute approximate surface area is 92.8 Å². The van der Waals surface area contributed by atoms with Crippen LogP contribution in [-0.4, -0.2) is 13.6 Å². The smallest absolute Gasteiger partial charge is 0.0467 e. The summed E-state index contributed by atoms with van der Waals surface area (Å²) in [6.07, 6.45) is 0. The molecule has 0 saturated heterocycles. The lowest BCUT2D eigenvalue weighted by Gasteiger charge is -2.20. The Morgan fingerprint density at radius 1 is 1.46 bits per heavy atom. The van der Waals surface area contributed by atoms with Crippen molar-refractivity contribution in [1.82, 2.24) is 0 Å². The van der Waals surface area contributed by atoms with Crippen LogP contribution in [0, 0.1) is 0 Å². The second kappa shape index (κ2) is 4.87. The first-order chi connectivity index (χ1) is 6.20. The molecule has 0 spiro atoms. The van der Waals surface area contributed by atoms with Gasteiger partial charge in [0.1, 0.15) is 0 Å². The van der Waals surface area contributed by atoms with Crippen LogP contribution in [0.25, 0.3) is 0 Å². The number of nitrogens with zero attached hydrogens (tertiary/aromatic N) is 1. The largest absolute Gasteiger partial charge is 0.375 e. The van der Waals surface area contributed by atoms with Crippen molar-refractivity contribution in [3.63, 3.8) is 0 Å². The Balaban J connectivity index is 3.12. The second-order valence-electron chi connectivity index (χ2n) is 2.89. The predicted molar refractivity (Wildman–Crippen MR) is 63.0 cm³/mol. The van der Waals surface area contributed by atoms with Gasteiger partial charge in [0.25, 0.3) is 0 Å². The molecule has 1 aromatic carbocycles. The van der Waals surface area contributed by atoms with E-state index in [9.17, 15) is 0 Å². The second-order valence-corrected chi connectivity index (χ2v) is 3.85. The van der Waals surface area contributed by atoms with E-state index in [4.69, 9.17) is 11.6 Å². The molecule has 0 atom stereocenters. The van der Waals surface area contributed by atoms with E-state index in [2.05, 4.69) is 40.9 Å². The number of benzene rings is 1. The number of hydrogen-bond acceptors (Lipinski definition) is 1. The summed E-state index contributed by atoms with van der Waals surface area (Å²) in [5.41, 5.74) is 2.36. The van der Waals surface area contributed by atoms with Crippen LogP contribution in [0.3, 0.4) is 0 Å². The third kappa shape index (κ3) is 2.38. The van der Waals surface area contributed by atoms with Crippen molar-refractivity contribution in [3.8, 4) is 0 Å². The number of alkyl halides is 1. The topological polar surface area (TPSA) is 3.24 Å². The lowest BCUT2D eigenvalue weighted by atomic mass is 10.2. The molecule has 1 aromatic rings. The van der Waals surface area contributed by atoms with E-state index in [0.29, 0.717) is 0 Å². The molecule has 0 aliphatic rings. The van der Waals surface area contributed by atoms with Gasteiger partial charge in [0.05, 0.1) is 0 Å².